The molecule has 4 aromatic rings. The molecule has 0 aliphatic rings. The number of amides is 1. The zero-order valence-electron chi connectivity index (χ0n) is 16.7. The van der Waals surface area contributed by atoms with E-state index < -0.39 is 0 Å². The highest BCUT2D eigenvalue weighted by atomic mass is 16.5. The summed E-state index contributed by atoms with van der Waals surface area (Å²) in [5.41, 5.74) is 4.60. The van der Waals surface area contributed by atoms with Crippen molar-refractivity contribution in [3.63, 3.8) is 0 Å². The lowest BCUT2D eigenvalue weighted by atomic mass is 10.1. The predicted molar refractivity (Wildman–Crippen MR) is 114 cm³/mol. The van der Waals surface area contributed by atoms with Crippen molar-refractivity contribution in [1.29, 1.82) is 0 Å². The van der Waals surface area contributed by atoms with E-state index in [1.165, 1.54) is 0 Å². The van der Waals surface area contributed by atoms with Crippen LogP contribution in [0.1, 0.15) is 27.2 Å². The number of pyridine rings is 1. The molecule has 1 N–H and O–H groups in total. The van der Waals surface area contributed by atoms with Crippen molar-refractivity contribution < 1.29 is 9.53 Å². The van der Waals surface area contributed by atoms with Gasteiger partial charge < -0.3 is 10.1 Å². The van der Waals surface area contributed by atoms with Gasteiger partial charge in [0.05, 0.1) is 5.69 Å². The van der Waals surface area contributed by atoms with Gasteiger partial charge in [0.2, 0.25) is 0 Å². The number of hydrogen-bond donors (Lipinski definition) is 1. The summed E-state index contributed by atoms with van der Waals surface area (Å²) >= 11 is 0. The minimum absolute atomic E-state index is 0.115. The summed E-state index contributed by atoms with van der Waals surface area (Å²) in [5, 5.41) is 7.22. The van der Waals surface area contributed by atoms with Gasteiger partial charge in [-0.25, -0.2) is 4.68 Å². The summed E-state index contributed by atoms with van der Waals surface area (Å²) in [5.74, 6) is 0.661. The molecule has 4 rings (SSSR count). The van der Waals surface area contributed by atoms with E-state index in [0.717, 1.165) is 28.3 Å². The Morgan fingerprint density at radius 3 is 2.43 bits per heavy atom. The Bertz CT molecular complexity index is 1100. The summed E-state index contributed by atoms with van der Waals surface area (Å²) in [6.45, 7) is 2.91. The van der Waals surface area contributed by atoms with Crippen LogP contribution in [-0.2, 0) is 13.2 Å². The first-order chi connectivity index (χ1) is 14.7. The van der Waals surface area contributed by atoms with Crippen LogP contribution in [0.4, 0.5) is 0 Å². The second kappa shape index (κ2) is 9.05. The molecule has 2 aromatic carbocycles. The molecule has 150 valence electrons. The van der Waals surface area contributed by atoms with E-state index in [9.17, 15) is 4.79 Å². The SMILES string of the molecule is Cc1ccnn1-c1ccc(C(=O)NCc2ccc(OCc3cccnc3)cc2)cc1. The molecular formula is C24H22N4O2. The van der Waals surface area contributed by atoms with Crippen molar-refractivity contribution in [2.24, 2.45) is 0 Å². The van der Waals surface area contributed by atoms with Crippen molar-refractivity contribution in [1.82, 2.24) is 20.1 Å². The number of benzene rings is 2. The van der Waals surface area contributed by atoms with Crippen LogP contribution >= 0.6 is 0 Å². The van der Waals surface area contributed by atoms with Crippen LogP contribution in [0.15, 0.2) is 85.3 Å². The minimum atomic E-state index is -0.115. The van der Waals surface area contributed by atoms with Gasteiger partial charge in [0.15, 0.2) is 0 Å². The number of rotatable bonds is 7. The van der Waals surface area contributed by atoms with E-state index in [1.54, 1.807) is 30.7 Å². The first-order valence-electron chi connectivity index (χ1n) is 9.69. The van der Waals surface area contributed by atoms with Gasteiger partial charge in [0.25, 0.3) is 5.91 Å². The molecule has 2 heterocycles. The van der Waals surface area contributed by atoms with Gasteiger partial charge >= 0.3 is 0 Å². The quantitative estimate of drug-likeness (QED) is 0.509. The Labute approximate surface area is 175 Å². The first kappa shape index (κ1) is 19.4. The van der Waals surface area contributed by atoms with Crippen LogP contribution in [-0.4, -0.2) is 20.7 Å². The largest absolute Gasteiger partial charge is 0.489 e. The highest BCUT2D eigenvalue weighted by Crippen LogP contribution is 2.15. The maximum atomic E-state index is 12.4. The Morgan fingerprint density at radius 1 is 0.967 bits per heavy atom. The van der Waals surface area contributed by atoms with Crippen LogP contribution in [0.25, 0.3) is 5.69 Å². The molecule has 0 bridgehead atoms. The molecule has 0 saturated heterocycles. The van der Waals surface area contributed by atoms with E-state index in [4.69, 9.17) is 4.74 Å². The molecule has 0 saturated carbocycles. The zero-order chi connectivity index (χ0) is 20.8. The number of hydrogen-bond acceptors (Lipinski definition) is 4. The lowest BCUT2D eigenvalue weighted by Gasteiger charge is -2.09. The normalized spacial score (nSPS) is 10.6. The summed E-state index contributed by atoms with van der Waals surface area (Å²) < 4.78 is 7.59. The number of ether oxygens (including phenoxy) is 1. The van der Waals surface area contributed by atoms with Crippen LogP contribution in [0, 0.1) is 6.92 Å². The standard InChI is InChI=1S/C24H22N4O2/c1-18-12-14-27-28(18)22-8-6-21(7-9-22)24(29)26-16-19-4-10-23(11-5-19)30-17-20-3-2-13-25-15-20/h2-15H,16-17H2,1H3,(H,26,29). The van der Waals surface area contributed by atoms with Crippen molar-refractivity contribution in [2.75, 3.05) is 0 Å². The molecule has 0 spiro atoms. The third-order valence-electron chi connectivity index (χ3n) is 4.71. The molecule has 0 radical (unpaired) electrons. The number of nitrogens with one attached hydrogen (secondary N) is 1. The Morgan fingerprint density at radius 2 is 1.77 bits per heavy atom. The van der Waals surface area contributed by atoms with Crippen LogP contribution in [0.5, 0.6) is 5.75 Å². The van der Waals surface area contributed by atoms with Crippen molar-refractivity contribution >= 4 is 5.91 Å². The average molecular weight is 398 g/mol. The van der Waals surface area contributed by atoms with Gasteiger partial charge in [-0.05, 0) is 61.0 Å². The number of carbonyl (C=O) groups excluding carboxylic acids is 1. The van der Waals surface area contributed by atoms with E-state index in [1.807, 2.05) is 66.2 Å². The fourth-order valence-corrected chi connectivity index (χ4v) is 3.03. The second-order valence-corrected chi connectivity index (χ2v) is 6.91. The molecule has 0 unspecified atom stereocenters. The smallest absolute Gasteiger partial charge is 0.251 e. The Kier molecular flexibility index (Phi) is 5.85. The minimum Gasteiger partial charge on any atom is -0.489 e. The number of carbonyl (C=O) groups is 1. The highest BCUT2D eigenvalue weighted by molar-refractivity contribution is 5.94. The molecule has 6 heteroatoms. The highest BCUT2D eigenvalue weighted by Gasteiger charge is 2.07. The third kappa shape index (κ3) is 4.72. The number of aryl methyl sites for hydroxylation is 1. The Balaban J connectivity index is 1.30. The van der Waals surface area contributed by atoms with E-state index >= 15 is 0 Å². The zero-order valence-corrected chi connectivity index (χ0v) is 16.7. The average Bonchev–Trinajstić information content (AvgIpc) is 3.23. The number of nitrogens with zero attached hydrogens (tertiary/aromatic N) is 3. The van der Waals surface area contributed by atoms with Gasteiger partial charge in [-0.15, -0.1) is 0 Å². The Hall–Kier alpha value is -3.93. The molecule has 0 aliphatic heterocycles. The fourth-order valence-electron chi connectivity index (χ4n) is 3.03. The van der Waals surface area contributed by atoms with Gasteiger partial charge in [-0.1, -0.05) is 18.2 Å². The second-order valence-electron chi connectivity index (χ2n) is 6.91. The third-order valence-corrected chi connectivity index (χ3v) is 4.71. The first-order valence-corrected chi connectivity index (χ1v) is 9.69. The van der Waals surface area contributed by atoms with Gasteiger partial charge in [-0.3, -0.25) is 9.78 Å². The van der Waals surface area contributed by atoms with Crippen molar-refractivity contribution in [2.45, 2.75) is 20.1 Å². The molecular weight excluding hydrogens is 376 g/mol. The van der Waals surface area contributed by atoms with Crippen molar-refractivity contribution in [3.05, 3.63) is 108 Å². The van der Waals surface area contributed by atoms with Crippen LogP contribution in [0.2, 0.25) is 0 Å². The van der Waals surface area contributed by atoms with Crippen LogP contribution < -0.4 is 10.1 Å². The van der Waals surface area contributed by atoms with Gasteiger partial charge in [0, 0.05) is 42.0 Å². The monoisotopic (exact) mass is 398 g/mol. The van der Waals surface area contributed by atoms with Gasteiger partial charge in [0.1, 0.15) is 12.4 Å². The summed E-state index contributed by atoms with van der Waals surface area (Å²) in [4.78, 5) is 16.5. The molecule has 1 amide bonds. The van der Waals surface area contributed by atoms with E-state index in [-0.39, 0.29) is 5.91 Å². The number of aromatic nitrogens is 3. The fraction of sp³-hybridized carbons (Fsp3) is 0.125. The molecule has 2 aromatic heterocycles. The molecule has 30 heavy (non-hydrogen) atoms. The molecule has 0 fully saturated rings. The van der Waals surface area contributed by atoms with E-state index in [0.29, 0.717) is 18.7 Å². The lowest BCUT2D eigenvalue weighted by Crippen LogP contribution is -2.22. The summed E-state index contributed by atoms with van der Waals surface area (Å²) in [6.07, 6.45) is 5.28. The lowest BCUT2D eigenvalue weighted by molar-refractivity contribution is 0.0951. The van der Waals surface area contributed by atoms with Crippen molar-refractivity contribution in [3.8, 4) is 11.4 Å². The predicted octanol–water partition coefficient (Wildman–Crippen LogP) is 4.08. The van der Waals surface area contributed by atoms with E-state index in [2.05, 4.69) is 15.4 Å². The maximum absolute atomic E-state index is 12.4. The summed E-state index contributed by atoms with van der Waals surface area (Å²) in [7, 11) is 0. The molecule has 0 atom stereocenters. The topological polar surface area (TPSA) is 69.0 Å². The van der Waals surface area contributed by atoms with Gasteiger partial charge in [-0.2, -0.15) is 5.10 Å². The molecule has 6 nitrogen and oxygen atoms in total. The van der Waals surface area contributed by atoms with Crippen LogP contribution in [0.3, 0.4) is 0 Å². The molecule has 0 aliphatic carbocycles. The maximum Gasteiger partial charge on any atom is 0.251 e. The summed E-state index contributed by atoms with van der Waals surface area (Å²) in [6, 6.07) is 20.9.